The highest BCUT2D eigenvalue weighted by Gasteiger charge is 2.07. The zero-order chi connectivity index (χ0) is 13.2. The molecule has 3 nitrogen and oxygen atoms in total. The van der Waals surface area contributed by atoms with Crippen LogP contribution in [0.1, 0.15) is 11.3 Å². The van der Waals surface area contributed by atoms with Gasteiger partial charge in [0, 0.05) is 34.3 Å². The fourth-order valence-electron chi connectivity index (χ4n) is 2.29. The number of hydrogen-bond acceptors (Lipinski definition) is 2. The van der Waals surface area contributed by atoms with Crippen molar-refractivity contribution in [2.45, 2.75) is 13.1 Å². The summed E-state index contributed by atoms with van der Waals surface area (Å²) < 4.78 is 3.20. The molecule has 0 saturated carbocycles. The van der Waals surface area contributed by atoms with E-state index >= 15 is 0 Å². The summed E-state index contributed by atoms with van der Waals surface area (Å²) >= 11 is 3.40. The Kier molecular flexibility index (Phi) is 3.36. The predicted molar refractivity (Wildman–Crippen MR) is 80.9 cm³/mol. The molecule has 0 amide bonds. The van der Waals surface area contributed by atoms with Gasteiger partial charge in [-0.3, -0.25) is 4.98 Å². The second-order valence-corrected chi connectivity index (χ2v) is 5.39. The molecule has 0 aliphatic rings. The number of nitrogens with zero attached hydrogens (tertiary/aromatic N) is 2. The highest BCUT2D eigenvalue weighted by molar-refractivity contribution is 9.10. The SMILES string of the molecule is NCc1cn(Cc2ccc(Br)cn2)c2ccccc12. The van der Waals surface area contributed by atoms with Gasteiger partial charge >= 0.3 is 0 Å². The fraction of sp³-hybridized carbons (Fsp3) is 0.133. The minimum absolute atomic E-state index is 0.557. The van der Waals surface area contributed by atoms with Crippen molar-refractivity contribution in [3.63, 3.8) is 0 Å². The van der Waals surface area contributed by atoms with Crippen LogP contribution in [0.3, 0.4) is 0 Å². The Labute approximate surface area is 120 Å². The second kappa shape index (κ2) is 5.15. The molecule has 0 aliphatic heterocycles. The summed E-state index contributed by atoms with van der Waals surface area (Å²) in [5.41, 5.74) is 9.22. The van der Waals surface area contributed by atoms with E-state index in [1.807, 2.05) is 30.5 Å². The summed E-state index contributed by atoms with van der Waals surface area (Å²) in [4.78, 5) is 4.42. The van der Waals surface area contributed by atoms with E-state index in [1.54, 1.807) is 0 Å². The van der Waals surface area contributed by atoms with E-state index in [-0.39, 0.29) is 0 Å². The minimum atomic E-state index is 0.557. The van der Waals surface area contributed by atoms with Gasteiger partial charge in [0.1, 0.15) is 0 Å². The number of halogens is 1. The zero-order valence-electron chi connectivity index (χ0n) is 10.4. The summed E-state index contributed by atoms with van der Waals surface area (Å²) in [6.45, 7) is 1.31. The van der Waals surface area contributed by atoms with E-state index in [0.29, 0.717) is 6.54 Å². The highest BCUT2D eigenvalue weighted by Crippen LogP contribution is 2.21. The third kappa shape index (κ3) is 2.41. The molecule has 0 atom stereocenters. The number of pyridine rings is 1. The normalized spacial score (nSPS) is 11.1. The molecule has 0 bridgehead atoms. The number of rotatable bonds is 3. The lowest BCUT2D eigenvalue weighted by Gasteiger charge is -2.04. The lowest BCUT2D eigenvalue weighted by Crippen LogP contribution is -2.00. The highest BCUT2D eigenvalue weighted by atomic mass is 79.9. The van der Waals surface area contributed by atoms with Gasteiger partial charge in [-0.05, 0) is 39.7 Å². The molecule has 0 saturated heterocycles. The van der Waals surface area contributed by atoms with E-state index in [1.165, 1.54) is 16.5 Å². The molecule has 2 N–H and O–H groups in total. The summed E-state index contributed by atoms with van der Waals surface area (Å²) in [6, 6.07) is 12.4. The number of benzene rings is 1. The molecule has 0 radical (unpaired) electrons. The first kappa shape index (κ1) is 12.4. The van der Waals surface area contributed by atoms with Gasteiger partial charge < -0.3 is 10.3 Å². The van der Waals surface area contributed by atoms with Crippen molar-refractivity contribution in [1.29, 1.82) is 0 Å². The molecule has 3 rings (SSSR count). The van der Waals surface area contributed by atoms with Crippen molar-refractivity contribution < 1.29 is 0 Å². The van der Waals surface area contributed by atoms with Crippen LogP contribution in [0.25, 0.3) is 10.9 Å². The van der Waals surface area contributed by atoms with E-state index in [0.717, 1.165) is 16.7 Å². The second-order valence-electron chi connectivity index (χ2n) is 4.47. The van der Waals surface area contributed by atoms with Crippen LogP contribution >= 0.6 is 15.9 Å². The quantitative estimate of drug-likeness (QED) is 0.806. The summed E-state index contributed by atoms with van der Waals surface area (Å²) in [5.74, 6) is 0. The maximum absolute atomic E-state index is 5.81. The summed E-state index contributed by atoms with van der Waals surface area (Å²) in [6.07, 6.45) is 3.94. The van der Waals surface area contributed by atoms with E-state index in [2.05, 4.69) is 43.8 Å². The van der Waals surface area contributed by atoms with E-state index < -0.39 is 0 Å². The van der Waals surface area contributed by atoms with Crippen LogP contribution < -0.4 is 5.73 Å². The standard InChI is InChI=1S/C15H14BrN3/c16-12-5-6-13(18-8-12)10-19-9-11(7-17)14-3-1-2-4-15(14)19/h1-6,8-9H,7,10,17H2. The molecule has 96 valence electrons. The molecule has 3 aromatic rings. The van der Waals surface area contributed by atoms with Crippen molar-refractivity contribution in [3.8, 4) is 0 Å². The largest absolute Gasteiger partial charge is 0.341 e. The topological polar surface area (TPSA) is 43.8 Å². The van der Waals surface area contributed by atoms with Crippen molar-refractivity contribution in [2.24, 2.45) is 5.73 Å². The zero-order valence-corrected chi connectivity index (χ0v) is 12.0. The first-order chi connectivity index (χ1) is 9.28. The number of aromatic nitrogens is 2. The smallest absolute Gasteiger partial charge is 0.0648 e. The Morgan fingerprint density at radius 1 is 1.16 bits per heavy atom. The van der Waals surface area contributed by atoms with Gasteiger partial charge in [-0.1, -0.05) is 18.2 Å². The first-order valence-corrected chi connectivity index (χ1v) is 6.94. The molecule has 2 aromatic heterocycles. The van der Waals surface area contributed by atoms with Crippen molar-refractivity contribution in [3.05, 3.63) is 64.5 Å². The van der Waals surface area contributed by atoms with Crippen LogP contribution in [0.2, 0.25) is 0 Å². The number of nitrogens with two attached hydrogens (primary N) is 1. The molecular formula is C15H14BrN3. The monoisotopic (exact) mass is 315 g/mol. The molecular weight excluding hydrogens is 302 g/mol. The molecule has 0 unspecified atom stereocenters. The van der Waals surface area contributed by atoms with Crippen LogP contribution in [0.4, 0.5) is 0 Å². The van der Waals surface area contributed by atoms with Gasteiger partial charge in [-0.2, -0.15) is 0 Å². The Bertz CT molecular complexity index is 701. The third-order valence-electron chi connectivity index (χ3n) is 3.21. The average Bonchev–Trinajstić information content (AvgIpc) is 2.80. The third-order valence-corrected chi connectivity index (χ3v) is 3.68. The fourth-order valence-corrected chi connectivity index (χ4v) is 2.53. The predicted octanol–water partition coefficient (Wildman–Crippen LogP) is 3.31. The van der Waals surface area contributed by atoms with Gasteiger partial charge in [-0.25, -0.2) is 0 Å². The Hall–Kier alpha value is -1.65. The van der Waals surface area contributed by atoms with Gasteiger partial charge in [0.25, 0.3) is 0 Å². The Morgan fingerprint density at radius 3 is 2.74 bits per heavy atom. The molecule has 1 aromatic carbocycles. The van der Waals surface area contributed by atoms with Crippen molar-refractivity contribution >= 4 is 26.8 Å². The van der Waals surface area contributed by atoms with Crippen molar-refractivity contribution in [2.75, 3.05) is 0 Å². The Balaban J connectivity index is 2.03. The lowest BCUT2D eigenvalue weighted by atomic mass is 10.2. The summed E-state index contributed by atoms with van der Waals surface area (Å²) in [5, 5.41) is 1.22. The first-order valence-electron chi connectivity index (χ1n) is 6.15. The van der Waals surface area contributed by atoms with Gasteiger partial charge in [0.2, 0.25) is 0 Å². The number of fused-ring (bicyclic) bond motifs is 1. The van der Waals surface area contributed by atoms with Gasteiger partial charge in [0.05, 0.1) is 12.2 Å². The van der Waals surface area contributed by atoms with E-state index in [9.17, 15) is 0 Å². The minimum Gasteiger partial charge on any atom is -0.341 e. The molecule has 0 aliphatic carbocycles. The Morgan fingerprint density at radius 2 is 2.00 bits per heavy atom. The molecule has 2 heterocycles. The number of hydrogen-bond donors (Lipinski definition) is 1. The van der Waals surface area contributed by atoms with Crippen LogP contribution in [0.15, 0.2) is 53.3 Å². The molecule has 0 fully saturated rings. The van der Waals surface area contributed by atoms with Crippen molar-refractivity contribution in [1.82, 2.24) is 9.55 Å². The summed E-state index contributed by atoms with van der Waals surface area (Å²) in [7, 11) is 0. The van der Waals surface area contributed by atoms with Crippen LogP contribution in [-0.2, 0) is 13.1 Å². The average molecular weight is 316 g/mol. The molecule has 19 heavy (non-hydrogen) atoms. The molecule has 0 spiro atoms. The maximum Gasteiger partial charge on any atom is 0.0648 e. The molecule has 4 heteroatoms. The lowest BCUT2D eigenvalue weighted by molar-refractivity contribution is 0.801. The van der Waals surface area contributed by atoms with E-state index in [4.69, 9.17) is 5.73 Å². The number of para-hydroxylation sites is 1. The van der Waals surface area contributed by atoms with Gasteiger partial charge in [-0.15, -0.1) is 0 Å². The maximum atomic E-state index is 5.81. The van der Waals surface area contributed by atoms with Crippen LogP contribution in [0, 0.1) is 0 Å². The van der Waals surface area contributed by atoms with Crippen LogP contribution in [0.5, 0.6) is 0 Å². The van der Waals surface area contributed by atoms with Gasteiger partial charge in [0.15, 0.2) is 0 Å². The van der Waals surface area contributed by atoms with Crippen LogP contribution in [-0.4, -0.2) is 9.55 Å².